The number of hydrogen-bond donors (Lipinski definition) is 1. The summed E-state index contributed by atoms with van der Waals surface area (Å²) in [4.78, 5) is 10.7. The first-order valence-electron chi connectivity index (χ1n) is 10.3. The van der Waals surface area contributed by atoms with Crippen molar-refractivity contribution in [3.8, 4) is 18.1 Å². The number of benzene rings is 2. The lowest BCUT2D eigenvalue weighted by Gasteiger charge is -2.16. The quantitative estimate of drug-likeness (QED) is 0.577. The van der Waals surface area contributed by atoms with E-state index in [-0.39, 0.29) is 11.4 Å². The lowest BCUT2D eigenvalue weighted by atomic mass is 10.00. The van der Waals surface area contributed by atoms with E-state index in [1.165, 1.54) is 6.07 Å². The molecule has 32 heavy (non-hydrogen) atoms. The maximum absolute atomic E-state index is 14.5. The number of halogens is 1. The third kappa shape index (κ3) is 4.95. The molecule has 7 nitrogen and oxygen atoms in total. The van der Waals surface area contributed by atoms with Crippen LogP contribution in [-0.2, 0) is 0 Å². The Bertz CT molecular complexity index is 1200. The molecule has 4 rings (SSSR count). The Kier molecular flexibility index (Phi) is 6.19. The van der Waals surface area contributed by atoms with Crippen molar-refractivity contribution in [2.24, 2.45) is 5.10 Å². The molecule has 1 unspecified atom stereocenters. The Morgan fingerprint density at radius 1 is 1.28 bits per heavy atom. The van der Waals surface area contributed by atoms with Crippen molar-refractivity contribution in [3.05, 3.63) is 53.5 Å². The van der Waals surface area contributed by atoms with E-state index in [1.54, 1.807) is 12.3 Å². The largest absolute Gasteiger partial charge is 0.492 e. The molecule has 0 fully saturated rings. The van der Waals surface area contributed by atoms with Crippen LogP contribution in [0.4, 0.5) is 16.0 Å². The van der Waals surface area contributed by atoms with Gasteiger partial charge in [-0.2, -0.15) is 5.10 Å². The van der Waals surface area contributed by atoms with Gasteiger partial charge in [-0.05, 0) is 43.9 Å². The summed E-state index contributed by atoms with van der Waals surface area (Å²) in [5.74, 6) is 3.13. The number of likely N-dealkylation sites (N-methyl/N-ethyl adjacent to an activating group) is 2. The minimum absolute atomic E-state index is 0.148. The summed E-state index contributed by atoms with van der Waals surface area (Å²) in [6.07, 6.45) is 8.87. The monoisotopic (exact) mass is 432 g/mol. The predicted molar refractivity (Wildman–Crippen MR) is 125 cm³/mol. The fourth-order valence-electron chi connectivity index (χ4n) is 3.48. The summed E-state index contributed by atoms with van der Waals surface area (Å²) in [6.45, 7) is 2.15. The molecule has 2 heterocycles. The van der Waals surface area contributed by atoms with Crippen LogP contribution in [0.25, 0.3) is 10.9 Å². The Morgan fingerprint density at radius 2 is 2.12 bits per heavy atom. The molecule has 0 spiro atoms. The van der Waals surface area contributed by atoms with Gasteiger partial charge in [0.05, 0.1) is 0 Å². The second-order valence-corrected chi connectivity index (χ2v) is 8.01. The predicted octanol–water partition coefficient (Wildman–Crippen LogP) is 3.45. The average Bonchev–Trinajstić information content (AvgIpc) is 3.20. The van der Waals surface area contributed by atoms with Crippen molar-refractivity contribution in [1.29, 1.82) is 0 Å². The number of rotatable bonds is 7. The number of nitrogens with zero attached hydrogens (tertiary/aromatic N) is 5. The Morgan fingerprint density at radius 3 is 2.84 bits per heavy atom. The molecule has 8 heteroatoms. The first-order valence-corrected chi connectivity index (χ1v) is 10.3. The summed E-state index contributed by atoms with van der Waals surface area (Å²) < 4.78 is 20.4. The second-order valence-electron chi connectivity index (χ2n) is 8.01. The molecule has 2 aromatic carbocycles. The van der Waals surface area contributed by atoms with Crippen LogP contribution in [0.3, 0.4) is 0 Å². The molecule has 0 saturated carbocycles. The zero-order valence-electron chi connectivity index (χ0n) is 18.3. The number of hydrogen-bond acceptors (Lipinski definition) is 7. The molecule has 0 aliphatic carbocycles. The standard InChI is InChI=1S/C24H25FN6O/c1-5-16-8-18-13-26-24(29-23(18)22(25)9-16)28-20-10-17(19-14-27-31(4)15-19)11-21(12-20)32-7-6-30(2)3/h1,8-14,19H,6-7,15H2,2-4H3,(H,26,28,29). The minimum Gasteiger partial charge on any atom is -0.492 e. The second kappa shape index (κ2) is 9.20. The molecule has 164 valence electrons. The lowest BCUT2D eigenvalue weighted by Crippen LogP contribution is -2.19. The Balaban J connectivity index is 1.63. The first-order chi connectivity index (χ1) is 15.4. The molecule has 1 aliphatic heterocycles. The van der Waals surface area contributed by atoms with Crippen molar-refractivity contribution < 1.29 is 9.13 Å². The topological polar surface area (TPSA) is 65.9 Å². The zero-order chi connectivity index (χ0) is 22.7. The summed E-state index contributed by atoms with van der Waals surface area (Å²) in [7, 11) is 5.94. The molecule has 0 amide bonds. The summed E-state index contributed by atoms with van der Waals surface area (Å²) >= 11 is 0. The van der Waals surface area contributed by atoms with Gasteiger partial charge in [0.1, 0.15) is 17.9 Å². The van der Waals surface area contributed by atoms with Crippen LogP contribution >= 0.6 is 0 Å². The molecule has 1 atom stereocenters. The van der Waals surface area contributed by atoms with Crippen molar-refractivity contribution in [2.45, 2.75) is 5.92 Å². The van der Waals surface area contributed by atoms with Gasteiger partial charge < -0.3 is 15.0 Å². The summed E-state index contributed by atoms with van der Waals surface area (Å²) in [5, 5.41) is 9.98. The van der Waals surface area contributed by atoms with Crippen LogP contribution in [0.5, 0.6) is 5.75 Å². The molecule has 0 bridgehead atoms. The average molecular weight is 433 g/mol. The van der Waals surface area contributed by atoms with Gasteiger partial charge in [0.2, 0.25) is 5.95 Å². The van der Waals surface area contributed by atoms with Gasteiger partial charge in [-0.25, -0.2) is 14.4 Å². The highest BCUT2D eigenvalue weighted by atomic mass is 19.1. The first kappa shape index (κ1) is 21.5. The van der Waals surface area contributed by atoms with Crippen LogP contribution in [0, 0.1) is 18.2 Å². The fraction of sp³-hybridized carbons (Fsp3) is 0.292. The third-order valence-electron chi connectivity index (χ3n) is 5.13. The summed E-state index contributed by atoms with van der Waals surface area (Å²) in [5.41, 5.74) is 2.48. The molecule has 0 saturated heterocycles. The highest BCUT2D eigenvalue weighted by Crippen LogP contribution is 2.29. The number of anilines is 2. The van der Waals surface area contributed by atoms with Crippen molar-refractivity contribution in [2.75, 3.05) is 46.2 Å². The van der Waals surface area contributed by atoms with Gasteiger partial charge in [0.25, 0.3) is 0 Å². The highest BCUT2D eigenvalue weighted by molar-refractivity contribution is 5.81. The van der Waals surface area contributed by atoms with E-state index in [0.717, 1.165) is 30.1 Å². The Hall–Kier alpha value is -3.70. The van der Waals surface area contributed by atoms with E-state index < -0.39 is 5.82 Å². The van der Waals surface area contributed by atoms with E-state index in [4.69, 9.17) is 11.2 Å². The molecule has 1 aliphatic rings. The van der Waals surface area contributed by atoms with Crippen LogP contribution in [0.15, 0.2) is 41.6 Å². The van der Waals surface area contributed by atoms with E-state index in [0.29, 0.717) is 23.5 Å². The van der Waals surface area contributed by atoms with Crippen LogP contribution in [0.1, 0.15) is 17.0 Å². The van der Waals surface area contributed by atoms with Crippen molar-refractivity contribution in [3.63, 3.8) is 0 Å². The molecule has 0 radical (unpaired) electrons. The smallest absolute Gasteiger partial charge is 0.227 e. The maximum atomic E-state index is 14.5. The number of terminal acetylenes is 1. The van der Waals surface area contributed by atoms with E-state index in [2.05, 4.69) is 31.2 Å². The number of fused-ring (bicyclic) bond motifs is 1. The van der Waals surface area contributed by atoms with Crippen LogP contribution < -0.4 is 10.1 Å². The van der Waals surface area contributed by atoms with E-state index in [9.17, 15) is 4.39 Å². The van der Waals surface area contributed by atoms with Gasteiger partial charge in [-0.1, -0.05) is 5.92 Å². The van der Waals surface area contributed by atoms with Crippen molar-refractivity contribution in [1.82, 2.24) is 19.9 Å². The molecular formula is C24H25FN6O. The zero-order valence-corrected chi connectivity index (χ0v) is 18.3. The van der Waals surface area contributed by atoms with E-state index in [1.807, 2.05) is 50.6 Å². The van der Waals surface area contributed by atoms with Gasteiger partial charge in [0.15, 0.2) is 5.82 Å². The van der Waals surface area contributed by atoms with Gasteiger partial charge in [-0.15, -0.1) is 6.42 Å². The number of ether oxygens (including phenoxy) is 1. The van der Waals surface area contributed by atoms with Crippen LogP contribution in [-0.4, -0.2) is 66.9 Å². The third-order valence-corrected chi connectivity index (χ3v) is 5.13. The van der Waals surface area contributed by atoms with Crippen molar-refractivity contribution >= 4 is 28.8 Å². The molecule has 1 aromatic heterocycles. The maximum Gasteiger partial charge on any atom is 0.227 e. The minimum atomic E-state index is -0.479. The van der Waals surface area contributed by atoms with Gasteiger partial charge in [0, 0.05) is 61.2 Å². The number of aromatic nitrogens is 2. The fourth-order valence-corrected chi connectivity index (χ4v) is 3.48. The van der Waals surface area contributed by atoms with Gasteiger partial charge >= 0.3 is 0 Å². The van der Waals surface area contributed by atoms with Gasteiger partial charge in [-0.3, -0.25) is 5.01 Å². The van der Waals surface area contributed by atoms with Crippen LogP contribution in [0.2, 0.25) is 0 Å². The van der Waals surface area contributed by atoms with E-state index >= 15 is 0 Å². The molecule has 1 N–H and O–H groups in total. The highest BCUT2D eigenvalue weighted by Gasteiger charge is 2.19. The lowest BCUT2D eigenvalue weighted by molar-refractivity contribution is 0.261. The SMILES string of the molecule is C#Cc1cc(F)c2nc(Nc3cc(OCCN(C)C)cc(C4C=NN(C)C4)c3)ncc2c1. The molecular weight excluding hydrogens is 407 g/mol. The normalized spacial score (nSPS) is 15.4. The number of hydrazone groups is 1. The molecule has 3 aromatic rings. The number of nitrogens with one attached hydrogen (secondary N) is 1. The summed E-state index contributed by atoms with van der Waals surface area (Å²) in [6, 6.07) is 8.92. The Labute approximate surface area is 186 Å².